The van der Waals surface area contributed by atoms with Crippen molar-refractivity contribution in [3.8, 4) is 0 Å². The first-order chi connectivity index (χ1) is 7.63. The third-order valence-corrected chi connectivity index (χ3v) is 5.11. The van der Waals surface area contributed by atoms with Gasteiger partial charge in [-0.25, -0.2) is 0 Å². The Balaban J connectivity index is 2.28. The molecule has 0 radical (unpaired) electrons. The second kappa shape index (κ2) is 4.21. The Hall–Kier alpha value is -0.820. The van der Waals surface area contributed by atoms with Gasteiger partial charge < -0.3 is 4.74 Å². The molecule has 0 aromatic carbocycles. The number of hydrogen-bond donors (Lipinski definition) is 0. The van der Waals surface area contributed by atoms with Crippen LogP contribution in [-0.4, -0.2) is 28.3 Å². The molecule has 7 heteroatoms. The van der Waals surface area contributed by atoms with E-state index in [4.69, 9.17) is 10.3 Å². The summed E-state index contributed by atoms with van der Waals surface area (Å²) < 4.78 is 5.07. The van der Waals surface area contributed by atoms with Gasteiger partial charge in [-0.3, -0.25) is 9.59 Å². The van der Waals surface area contributed by atoms with Crippen LogP contribution in [0.2, 0.25) is 0 Å². The van der Waals surface area contributed by atoms with Crippen LogP contribution in [0.1, 0.15) is 19.3 Å². The third-order valence-electron chi connectivity index (χ3n) is 3.24. The van der Waals surface area contributed by atoms with E-state index in [1.807, 2.05) is 0 Å². The number of nitrogens with zero attached hydrogens (tertiary/aromatic N) is 3. The molecule has 1 aliphatic heterocycles. The molecule has 0 N–H and O–H groups in total. The van der Waals surface area contributed by atoms with Crippen molar-refractivity contribution in [1.29, 1.82) is 0 Å². The molecule has 2 rings (SSSR count). The summed E-state index contributed by atoms with van der Waals surface area (Å²) in [4.78, 5) is 26.4. The van der Waals surface area contributed by atoms with Crippen molar-refractivity contribution in [3.63, 3.8) is 0 Å². The van der Waals surface area contributed by atoms with Crippen molar-refractivity contribution in [2.75, 3.05) is 6.54 Å². The summed E-state index contributed by atoms with van der Waals surface area (Å²) in [5.74, 6) is -0.508. The van der Waals surface area contributed by atoms with Crippen LogP contribution in [0.3, 0.4) is 0 Å². The maximum atomic E-state index is 11.9. The summed E-state index contributed by atoms with van der Waals surface area (Å²) in [5.41, 5.74) is 7.16. The van der Waals surface area contributed by atoms with Crippen LogP contribution in [0, 0.1) is 5.41 Å². The number of Topliss-reactive ketones (excluding diaryl/α,β-unsaturated/α-hetero) is 1. The number of halogens is 1. The summed E-state index contributed by atoms with van der Waals surface area (Å²) in [5, 5.41) is 3.40. The zero-order valence-electron chi connectivity index (χ0n) is 8.43. The Morgan fingerprint density at radius 3 is 3.06 bits per heavy atom. The van der Waals surface area contributed by atoms with Gasteiger partial charge in [-0.15, -0.1) is 0 Å². The van der Waals surface area contributed by atoms with E-state index < -0.39 is 11.4 Å². The molecule has 1 heterocycles. The van der Waals surface area contributed by atoms with Gasteiger partial charge in [0.25, 0.3) is 0 Å². The van der Waals surface area contributed by atoms with E-state index in [-0.39, 0.29) is 28.8 Å². The lowest BCUT2D eigenvalue weighted by atomic mass is 9.72. The molecule has 1 saturated heterocycles. The number of azide groups is 1. The minimum atomic E-state index is -1.06. The first-order valence-electron chi connectivity index (χ1n) is 5.02. The predicted molar refractivity (Wildman–Crippen MR) is 63.0 cm³/mol. The molecule has 2 aliphatic rings. The number of carbonyl (C=O) groups excluding carboxylic acids is 2. The number of hydrogen-bond acceptors (Lipinski definition) is 4. The standard InChI is InChI=1S/C9H10IN3O3/c10-7-5-1-2-6(14)9(7,8(15)16-5)3-4-12-13-11/h5,7H,1-4H2/t5-,7+,9+/m1/s1. The van der Waals surface area contributed by atoms with Crippen LogP contribution in [0.25, 0.3) is 10.4 Å². The molecule has 0 amide bonds. The lowest BCUT2D eigenvalue weighted by Crippen LogP contribution is -2.46. The van der Waals surface area contributed by atoms with E-state index in [1.54, 1.807) is 0 Å². The lowest BCUT2D eigenvalue weighted by Gasteiger charge is -2.30. The van der Waals surface area contributed by atoms with E-state index >= 15 is 0 Å². The van der Waals surface area contributed by atoms with Gasteiger partial charge in [-0.1, -0.05) is 27.7 Å². The van der Waals surface area contributed by atoms with Crippen molar-refractivity contribution < 1.29 is 14.3 Å². The second-order valence-electron chi connectivity index (χ2n) is 3.98. The van der Waals surface area contributed by atoms with Crippen molar-refractivity contribution in [2.24, 2.45) is 10.5 Å². The largest absolute Gasteiger partial charge is 0.460 e. The number of alkyl halides is 1. The van der Waals surface area contributed by atoms with Crippen molar-refractivity contribution in [2.45, 2.75) is 29.3 Å². The van der Waals surface area contributed by atoms with E-state index in [1.165, 1.54) is 0 Å². The van der Waals surface area contributed by atoms with Crippen LogP contribution in [0.5, 0.6) is 0 Å². The molecule has 2 fully saturated rings. The fourth-order valence-electron chi connectivity index (χ4n) is 2.35. The molecule has 16 heavy (non-hydrogen) atoms. The zero-order valence-corrected chi connectivity index (χ0v) is 10.6. The molecule has 86 valence electrons. The maximum absolute atomic E-state index is 11.9. The highest BCUT2D eigenvalue weighted by atomic mass is 127. The predicted octanol–water partition coefficient (Wildman–Crippen LogP) is 1.77. The van der Waals surface area contributed by atoms with Crippen LogP contribution in [0.15, 0.2) is 5.11 Å². The summed E-state index contributed by atoms with van der Waals surface area (Å²) in [6.45, 7) is 0.156. The Kier molecular flexibility index (Phi) is 3.07. The molecule has 3 atom stereocenters. The van der Waals surface area contributed by atoms with Gasteiger partial charge >= 0.3 is 5.97 Å². The molecule has 0 aromatic heterocycles. The van der Waals surface area contributed by atoms with Crippen molar-refractivity contribution in [3.05, 3.63) is 10.4 Å². The van der Waals surface area contributed by atoms with Crippen LogP contribution >= 0.6 is 22.6 Å². The van der Waals surface area contributed by atoms with E-state index in [0.29, 0.717) is 12.8 Å². The number of rotatable bonds is 3. The number of fused-ring (bicyclic) bond motifs is 2. The first kappa shape index (κ1) is 11.7. The normalized spacial score (nSPS) is 36.8. The first-order valence-corrected chi connectivity index (χ1v) is 6.27. The average Bonchev–Trinajstić information content (AvgIpc) is 2.41. The summed E-state index contributed by atoms with van der Waals surface area (Å²) in [6.07, 6.45) is 1.10. The van der Waals surface area contributed by atoms with Crippen LogP contribution in [0.4, 0.5) is 0 Å². The molecular weight excluding hydrogens is 325 g/mol. The quantitative estimate of drug-likeness (QED) is 0.150. The fourth-order valence-corrected chi connectivity index (χ4v) is 3.77. The molecule has 1 saturated carbocycles. The second-order valence-corrected chi connectivity index (χ2v) is 5.33. The average molecular weight is 335 g/mol. The van der Waals surface area contributed by atoms with E-state index in [9.17, 15) is 9.59 Å². The highest BCUT2D eigenvalue weighted by Gasteiger charge is 2.62. The van der Waals surface area contributed by atoms with E-state index in [0.717, 1.165) is 0 Å². The molecule has 6 nitrogen and oxygen atoms in total. The number of esters is 1. The van der Waals surface area contributed by atoms with Crippen LogP contribution in [-0.2, 0) is 14.3 Å². The van der Waals surface area contributed by atoms with Gasteiger partial charge in [0.2, 0.25) is 0 Å². The van der Waals surface area contributed by atoms with Gasteiger partial charge in [-0.2, -0.15) is 0 Å². The smallest absolute Gasteiger partial charge is 0.321 e. The maximum Gasteiger partial charge on any atom is 0.321 e. The zero-order chi connectivity index (χ0) is 11.8. The van der Waals surface area contributed by atoms with Gasteiger partial charge in [-0.05, 0) is 18.4 Å². The van der Waals surface area contributed by atoms with Gasteiger partial charge in [0.05, 0.1) is 3.92 Å². The summed E-state index contributed by atoms with van der Waals surface area (Å²) in [7, 11) is 0. The molecular formula is C9H10IN3O3. The van der Waals surface area contributed by atoms with E-state index in [2.05, 4.69) is 32.6 Å². The number of ether oxygens (including phenoxy) is 1. The van der Waals surface area contributed by atoms with Gasteiger partial charge in [0, 0.05) is 17.9 Å². The van der Waals surface area contributed by atoms with Gasteiger partial charge in [0.1, 0.15) is 11.5 Å². The molecule has 2 bridgehead atoms. The van der Waals surface area contributed by atoms with Crippen molar-refractivity contribution in [1.82, 2.24) is 0 Å². The third kappa shape index (κ3) is 1.49. The monoisotopic (exact) mass is 335 g/mol. The highest BCUT2D eigenvalue weighted by Crippen LogP contribution is 2.49. The fraction of sp³-hybridized carbons (Fsp3) is 0.778. The Morgan fingerprint density at radius 1 is 1.62 bits per heavy atom. The Bertz CT molecular complexity index is 383. The Morgan fingerprint density at radius 2 is 2.38 bits per heavy atom. The van der Waals surface area contributed by atoms with Crippen LogP contribution < -0.4 is 0 Å². The summed E-state index contributed by atoms with van der Waals surface area (Å²) >= 11 is 2.10. The molecule has 0 spiro atoms. The van der Waals surface area contributed by atoms with Gasteiger partial charge in [0.15, 0.2) is 5.78 Å². The minimum Gasteiger partial charge on any atom is -0.460 e. The topological polar surface area (TPSA) is 92.1 Å². The SMILES string of the molecule is [N-]=[N+]=NCC[C@@]12C(=O)CC[C@@H](OC1=O)[C@@H]2I. The molecule has 0 aromatic rings. The molecule has 1 aliphatic carbocycles. The summed E-state index contributed by atoms with van der Waals surface area (Å²) in [6, 6.07) is 0. The number of carbonyl (C=O) groups is 2. The lowest BCUT2D eigenvalue weighted by molar-refractivity contribution is -0.151. The number of ketones is 1. The molecule has 0 unspecified atom stereocenters. The van der Waals surface area contributed by atoms with Crippen molar-refractivity contribution >= 4 is 34.3 Å². The Labute approximate surface area is 105 Å². The minimum absolute atomic E-state index is 0.0706. The highest BCUT2D eigenvalue weighted by molar-refractivity contribution is 14.1.